The SMILES string of the molecule is CCCCC/C=C\C/C=C\CCCCCCCCC1(CCCCCCCC/C=C\C/C=C\CCCCC)O[C@H]2C[C@@H](CN(C)C)C[C@H]2O1. The average Bonchev–Trinajstić information content (AvgIpc) is 3.59. The highest BCUT2D eigenvalue weighted by molar-refractivity contribution is 4.95. The van der Waals surface area contributed by atoms with Crippen LogP contribution in [-0.2, 0) is 9.47 Å². The quantitative estimate of drug-likeness (QED) is 0.0526. The molecule has 1 heterocycles. The molecule has 2 fully saturated rings. The van der Waals surface area contributed by atoms with Crippen LogP contribution in [-0.4, -0.2) is 43.5 Å². The van der Waals surface area contributed by atoms with Gasteiger partial charge in [0.05, 0.1) is 12.2 Å². The maximum atomic E-state index is 6.87. The van der Waals surface area contributed by atoms with Gasteiger partial charge in [0.15, 0.2) is 5.79 Å². The van der Waals surface area contributed by atoms with E-state index < -0.39 is 0 Å². The Labute approximate surface area is 300 Å². The molecule has 2 rings (SSSR count). The third-order valence-corrected chi connectivity index (χ3v) is 10.4. The predicted octanol–water partition coefficient (Wildman–Crippen LogP) is 13.8. The van der Waals surface area contributed by atoms with Gasteiger partial charge in [0.1, 0.15) is 0 Å². The van der Waals surface area contributed by atoms with E-state index in [1.54, 1.807) is 0 Å². The van der Waals surface area contributed by atoms with Gasteiger partial charge in [-0.25, -0.2) is 0 Å². The second-order valence-corrected chi connectivity index (χ2v) is 15.5. The number of hydrogen-bond donors (Lipinski definition) is 0. The summed E-state index contributed by atoms with van der Waals surface area (Å²) in [5.74, 6) is 0.417. The molecule has 1 saturated heterocycles. The van der Waals surface area contributed by atoms with E-state index in [-0.39, 0.29) is 5.79 Å². The summed E-state index contributed by atoms with van der Waals surface area (Å²) in [6, 6.07) is 0. The third kappa shape index (κ3) is 21.8. The van der Waals surface area contributed by atoms with Crippen molar-refractivity contribution >= 4 is 0 Å². The molecular formula is C45H81NO2. The van der Waals surface area contributed by atoms with Crippen LogP contribution in [0.15, 0.2) is 48.6 Å². The van der Waals surface area contributed by atoms with E-state index >= 15 is 0 Å². The zero-order chi connectivity index (χ0) is 34.4. The molecule has 2 aliphatic rings. The number of ether oxygens (including phenoxy) is 2. The molecule has 0 amide bonds. The van der Waals surface area contributed by atoms with Gasteiger partial charge in [-0.05, 0) is 110 Å². The Balaban J connectivity index is 1.57. The highest BCUT2D eigenvalue weighted by Crippen LogP contribution is 2.45. The normalized spacial score (nSPS) is 21.0. The molecule has 3 heteroatoms. The zero-order valence-electron chi connectivity index (χ0n) is 32.6. The van der Waals surface area contributed by atoms with E-state index in [0.29, 0.717) is 12.2 Å². The zero-order valence-corrected chi connectivity index (χ0v) is 32.6. The number of unbranched alkanes of at least 4 members (excludes halogenated alkanes) is 18. The summed E-state index contributed by atoms with van der Waals surface area (Å²) in [5, 5.41) is 0. The van der Waals surface area contributed by atoms with Gasteiger partial charge < -0.3 is 14.4 Å². The highest BCUT2D eigenvalue weighted by Gasteiger charge is 2.50. The molecule has 1 saturated carbocycles. The standard InChI is InChI=1S/C45H81NO2/c1-5-7-9-11-13-15-17-19-21-23-25-27-29-31-33-35-37-45(47-43-39-42(41-46(3)4)40-44(43)48-45)38-36-34-32-30-28-26-24-22-20-18-16-14-12-10-8-6-2/h13-16,19-22,42-44H,5-12,17-18,23-41H2,1-4H3/b15-13-,16-14-,21-19-,22-20-/t42-,43+,44-. The van der Waals surface area contributed by atoms with Crippen LogP contribution < -0.4 is 0 Å². The van der Waals surface area contributed by atoms with Crippen molar-refractivity contribution in [3.8, 4) is 0 Å². The fourth-order valence-electron chi connectivity index (χ4n) is 7.68. The third-order valence-electron chi connectivity index (χ3n) is 10.4. The van der Waals surface area contributed by atoms with Gasteiger partial charge >= 0.3 is 0 Å². The first-order valence-electron chi connectivity index (χ1n) is 21.2. The fraction of sp³-hybridized carbons (Fsp3) is 0.822. The van der Waals surface area contributed by atoms with Gasteiger partial charge in [-0.3, -0.25) is 0 Å². The van der Waals surface area contributed by atoms with Crippen LogP contribution in [0.4, 0.5) is 0 Å². The van der Waals surface area contributed by atoms with Crippen LogP contribution in [0.25, 0.3) is 0 Å². The number of nitrogens with zero attached hydrogens (tertiary/aromatic N) is 1. The Morgan fingerprint density at radius 2 is 0.833 bits per heavy atom. The molecule has 0 unspecified atom stereocenters. The molecule has 48 heavy (non-hydrogen) atoms. The summed E-state index contributed by atoms with van der Waals surface area (Å²) < 4.78 is 13.7. The summed E-state index contributed by atoms with van der Waals surface area (Å²) in [7, 11) is 4.38. The van der Waals surface area contributed by atoms with E-state index in [1.165, 1.54) is 154 Å². The second-order valence-electron chi connectivity index (χ2n) is 15.5. The minimum Gasteiger partial charge on any atom is -0.344 e. The van der Waals surface area contributed by atoms with Crippen LogP contribution in [0, 0.1) is 5.92 Å². The molecule has 0 bridgehead atoms. The second kappa shape index (κ2) is 29.6. The Kier molecular flexibility index (Phi) is 26.5. The van der Waals surface area contributed by atoms with Crippen molar-refractivity contribution in [1.29, 1.82) is 0 Å². The van der Waals surface area contributed by atoms with E-state index in [1.807, 2.05) is 0 Å². The van der Waals surface area contributed by atoms with Crippen LogP contribution >= 0.6 is 0 Å². The smallest absolute Gasteiger partial charge is 0.169 e. The Morgan fingerprint density at radius 3 is 1.21 bits per heavy atom. The largest absolute Gasteiger partial charge is 0.344 e. The van der Waals surface area contributed by atoms with Gasteiger partial charge in [0.25, 0.3) is 0 Å². The van der Waals surface area contributed by atoms with Gasteiger partial charge in [0.2, 0.25) is 0 Å². The van der Waals surface area contributed by atoms with Gasteiger partial charge in [-0.15, -0.1) is 0 Å². The first kappa shape index (κ1) is 43.0. The van der Waals surface area contributed by atoms with Crippen molar-refractivity contribution in [2.75, 3.05) is 20.6 Å². The molecule has 0 aromatic rings. The lowest BCUT2D eigenvalue weighted by atomic mass is 9.98. The first-order valence-corrected chi connectivity index (χ1v) is 21.2. The van der Waals surface area contributed by atoms with E-state index in [9.17, 15) is 0 Å². The van der Waals surface area contributed by atoms with Crippen molar-refractivity contribution in [3.05, 3.63) is 48.6 Å². The van der Waals surface area contributed by atoms with Crippen molar-refractivity contribution in [2.24, 2.45) is 5.92 Å². The monoisotopic (exact) mass is 668 g/mol. The fourth-order valence-corrected chi connectivity index (χ4v) is 7.68. The lowest BCUT2D eigenvalue weighted by Crippen LogP contribution is -2.33. The summed E-state index contributed by atoms with van der Waals surface area (Å²) in [6.45, 7) is 5.70. The number of hydrogen-bond acceptors (Lipinski definition) is 3. The first-order chi connectivity index (χ1) is 23.6. The van der Waals surface area contributed by atoms with Crippen molar-refractivity contribution in [1.82, 2.24) is 4.90 Å². The van der Waals surface area contributed by atoms with Gasteiger partial charge in [0, 0.05) is 19.4 Å². The molecule has 0 aromatic carbocycles. The van der Waals surface area contributed by atoms with E-state index in [0.717, 1.165) is 38.1 Å². The molecule has 1 aliphatic carbocycles. The lowest BCUT2D eigenvalue weighted by molar-refractivity contribution is -0.193. The molecule has 3 nitrogen and oxygen atoms in total. The van der Waals surface area contributed by atoms with Crippen LogP contribution in [0.5, 0.6) is 0 Å². The van der Waals surface area contributed by atoms with Gasteiger partial charge in [-0.2, -0.15) is 0 Å². The summed E-state index contributed by atoms with van der Waals surface area (Å²) in [6.07, 6.45) is 55.2. The van der Waals surface area contributed by atoms with Crippen molar-refractivity contribution in [2.45, 2.75) is 212 Å². The Bertz CT molecular complexity index is 778. The maximum Gasteiger partial charge on any atom is 0.169 e. The number of allylic oxidation sites excluding steroid dienone is 8. The number of fused-ring (bicyclic) bond motifs is 1. The van der Waals surface area contributed by atoms with Crippen molar-refractivity contribution < 1.29 is 9.47 Å². The van der Waals surface area contributed by atoms with Crippen LogP contribution in [0.3, 0.4) is 0 Å². The molecule has 0 aromatic heterocycles. The molecule has 278 valence electrons. The molecular weight excluding hydrogens is 587 g/mol. The molecule has 0 N–H and O–H groups in total. The predicted molar refractivity (Wildman–Crippen MR) is 212 cm³/mol. The topological polar surface area (TPSA) is 21.7 Å². The summed E-state index contributed by atoms with van der Waals surface area (Å²) in [5.41, 5.74) is 0. The van der Waals surface area contributed by atoms with Gasteiger partial charge in [-0.1, -0.05) is 140 Å². The highest BCUT2D eigenvalue weighted by atomic mass is 16.8. The van der Waals surface area contributed by atoms with Crippen molar-refractivity contribution in [3.63, 3.8) is 0 Å². The van der Waals surface area contributed by atoms with E-state index in [2.05, 4.69) is 81.5 Å². The molecule has 0 radical (unpaired) electrons. The Hall–Kier alpha value is -1.16. The minimum atomic E-state index is -0.303. The summed E-state index contributed by atoms with van der Waals surface area (Å²) >= 11 is 0. The molecule has 1 aliphatic heterocycles. The molecule has 0 spiro atoms. The van der Waals surface area contributed by atoms with Crippen LogP contribution in [0.1, 0.15) is 194 Å². The summed E-state index contributed by atoms with van der Waals surface area (Å²) in [4.78, 5) is 2.33. The minimum absolute atomic E-state index is 0.303. The maximum absolute atomic E-state index is 6.87. The number of rotatable bonds is 32. The molecule has 3 atom stereocenters. The van der Waals surface area contributed by atoms with Crippen LogP contribution in [0.2, 0.25) is 0 Å². The Morgan fingerprint density at radius 1 is 0.479 bits per heavy atom. The lowest BCUT2D eigenvalue weighted by Gasteiger charge is -2.30. The average molecular weight is 668 g/mol. The van der Waals surface area contributed by atoms with E-state index in [4.69, 9.17) is 9.47 Å².